The summed E-state index contributed by atoms with van der Waals surface area (Å²) in [7, 11) is 3.08. The fraction of sp³-hybridized carbons (Fsp3) is 0.133. The second kappa shape index (κ2) is 5.85. The predicted molar refractivity (Wildman–Crippen MR) is 75.2 cm³/mol. The van der Waals surface area contributed by atoms with Crippen LogP contribution in [0.5, 0.6) is 23.0 Å². The molecule has 5 heteroatoms. The highest BCUT2D eigenvalue weighted by Crippen LogP contribution is 2.36. The van der Waals surface area contributed by atoms with Gasteiger partial charge in [-0.1, -0.05) is 0 Å². The lowest BCUT2D eigenvalue weighted by Gasteiger charge is -2.13. The molecule has 2 rings (SSSR count). The third kappa shape index (κ3) is 2.75. The molecular formula is C15H14N2O3. The summed E-state index contributed by atoms with van der Waals surface area (Å²) >= 11 is 0. The molecule has 0 saturated carbocycles. The Hall–Kier alpha value is -2.87. The van der Waals surface area contributed by atoms with E-state index < -0.39 is 0 Å². The van der Waals surface area contributed by atoms with Gasteiger partial charge in [-0.3, -0.25) is 0 Å². The van der Waals surface area contributed by atoms with Crippen molar-refractivity contribution in [2.75, 3.05) is 20.0 Å². The number of nitriles is 1. The number of methoxy groups -OCH3 is 2. The lowest BCUT2D eigenvalue weighted by molar-refractivity contribution is 0.376. The number of anilines is 1. The van der Waals surface area contributed by atoms with E-state index in [2.05, 4.69) is 0 Å². The SMILES string of the molecule is COc1ccc(N)c(Oc2ccc(C#N)cc2OC)c1. The van der Waals surface area contributed by atoms with Gasteiger partial charge in [-0.2, -0.15) is 5.26 Å². The monoisotopic (exact) mass is 270 g/mol. The van der Waals surface area contributed by atoms with Gasteiger partial charge in [-0.15, -0.1) is 0 Å². The molecular weight excluding hydrogens is 256 g/mol. The molecule has 2 aromatic rings. The zero-order valence-electron chi connectivity index (χ0n) is 11.2. The van der Waals surface area contributed by atoms with Crippen molar-refractivity contribution in [1.82, 2.24) is 0 Å². The van der Waals surface area contributed by atoms with Gasteiger partial charge in [0, 0.05) is 12.1 Å². The topological polar surface area (TPSA) is 77.5 Å². The smallest absolute Gasteiger partial charge is 0.169 e. The third-order valence-electron chi connectivity index (χ3n) is 2.73. The molecule has 102 valence electrons. The zero-order chi connectivity index (χ0) is 14.5. The molecule has 0 amide bonds. The Morgan fingerprint density at radius 1 is 0.950 bits per heavy atom. The third-order valence-corrected chi connectivity index (χ3v) is 2.73. The average Bonchev–Trinajstić information content (AvgIpc) is 2.49. The summed E-state index contributed by atoms with van der Waals surface area (Å²) in [5.41, 5.74) is 6.84. The van der Waals surface area contributed by atoms with E-state index in [0.29, 0.717) is 34.2 Å². The van der Waals surface area contributed by atoms with Crippen LogP contribution in [-0.2, 0) is 0 Å². The molecule has 0 bridgehead atoms. The highest BCUT2D eigenvalue weighted by atomic mass is 16.5. The van der Waals surface area contributed by atoms with E-state index in [4.69, 9.17) is 25.2 Å². The van der Waals surface area contributed by atoms with Gasteiger partial charge in [-0.05, 0) is 24.3 Å². The normalized spacial score (nSPS) is 9.65. The lowest BCUT2D eigenvalue weighted by Crippen LogP contribution is -1.95. The van der Waals surface area contributed by atoms with Gasteiger partial charge >= 0.3 is 0 Å². The van der Waals surface area contributed by atoms with Crippen LogP contribution in [0.3, 0.4) is 0 Å². The van der Waals surface area contributed by atoms with Crippen molar-refractivity contribution in [1.29, 1.82) is 5.26 Å². The summed E-state index contributed by atoms with van der Waals surface area (Å²) in [4.78, 5) is 0. The molecule has 0 unspecified atom stereocenters. The summed E-state index contributed by atoms with van der Waals surface area (Å²) in [6, 6.07) is 12.1. The minimum absolute atomic E-state index is 0.464. The van der Waals surface area contributed by atoms with E-state index >= 15 is 0 Å². The predicted octanol–water partition coefficient (Wildman–Crippen LogP) is 2.95. The number of ether oxygens (including phenoxy) is 3. The molecule has 0 radical (unpaired) electrons. The number of nitrogen functional groups attached to an aromatic ring is 1. The average molecular weight is 270 g/mol. The first-order valence-corrected chi connectivity index (χ1v) is 5.87. The van der Waals surface area contributed by atoms with E-state index in [0.717, 1.165) is 0 Å². The molecule has 0 aliphatic heterocycles. The Labute approximate surface area is 117 Å². The van der Waals surface area contributed by atoms with E-state index in [1.54, 1.807) is 43.5 Å². The number of benzene rings is 2. The van der Waals surface area contributed by atoms with Crippen LogP contribution >= 0.6 is 0 Å². The van der Waals surface area contributed by atoms with Crippen molar-refractivity contribution in [2.24, 2.45) is 0 Å². The molecule has 0 saturated heterocycles. The lowest BCUT2D eigenvalue weighted by atomic mass is 10.2. The van der Waals surface area contributed by atoms with Gasteiger partial charge in [0.05, 0.1) is 31.5 Å². The van der Waals surface area contributed by atoms with Crippen molar-refractivity contribution in [3.05, 3.63) is 42.0 Å². The summed E-state index contributed by atoms with van der Waals surface area (Å²) < 4.78 is 16.1. The van der Waals surface area contributed by atoms with Crippen LogP contribution in [0.2, 0.25) is 0 Å². The summed E-state index contributed by atoms with van der Waals surface area (Å²) in [5, 5.41) is 8.87. The summed E-state index contributed by atoms with van der Waals surface area (Å²) in [6.45, 7) is 0. The van der Waals surface area contributed by atoms with Gasteiger partial charge in [-0.25, -0.2) is 0 Å². The maximum atomic E-state index is 8.87. The maximum absolute atomic E-state index is 8.87. The molecule has 2 N–H and O–H groups in total. The van der Waals surface area contributed by atoms with Gasteiger partial charge in [0.15, 0.2) is 17.2 Å². The molecule has 0 heterocycles. The van der Waals surface area contributed by atoms with E-state index in [-0.39, 0.29) is 0 Å². The van der Waals surface area contributed by atoms with Crippen LogP contribution in [0.15, 0.2) is 36.4 Å². The summed E-state index contributed by atoms with van der Waals surface area (Å²) in [5.74, 6) is 2.05. The number of nitrogens with two attached hydrogens (primary N) is 1. The number of nitrogens with zero attached hydrogens (tertiary/aromatic N) is 1. The molecule has 0 aliphatic rings. The molecule has 2 aromatic carbocycles. The molecule has 0 fully saturated rings. The van der Waals surface area contributed by atoms with E-state index in [1.165, 1.54) is 7.11 Å². The quantitative estimate of drug-likeness (QED) is 0.864. The number of hydrogen-bond donors (Lipinski definition) is 1. The van der Waals surface area contributed by atoms with Gasteiger partial charge in [0.2, 0.25) is 0 Å². The Bertz CT molecular complexity index is 663. The second-order valence-electron chi connectivity index (χ2n) is 3.98. The Morgan fingerprint density at radius 2 is 1.75 bits per heavy atom. The molecule has 0 spiro atoms. The van der Waals surface area contributed by atoms with Crippen molar-refractivity contribution < 1.29 is 14.2 Å². The first kappa shape index (κ1) is 13.6. The van der Waals surface area contributed by atoms with Crippen LogP contribution in [0.4, 0.5) is 5.69 Å². The molecule has 5 nitrogen and oxygen atoms in total. The van der Waals surface area contributed by atoms with E-state index in [1.807, 2.05) is 6.07 Å². The van der Waals surface area contributed by atoms with Crippen LogP contribution in [0.1, 0.15) is 5.56 Å². The number of hydrogen-bond acceptors (Lipinski definition) is 5. The Kier molecular flexibility index (Phi) is 3.96. The highest BCUT2D eigenvalue weighted by molar-refractivity contribution is 5.58. The fourth-order valence-electron chi connectivity index (χ4n) is 1.67. The Morgan fingerprint density at radius 3 is 2.40 bits per heavy atom. The van der Waals surface area contributed by atoms with Crippen molar-refractivity contribution in [3.63, 3.8) is 0 Å². The second-order valence-corrected chi connectivity index (χ2v) is 3.98. The number of rotatable bonds is 4. The molecule has 0 aliphatic carbocycles. The zero-order valence-corrected chi connectivity index (χ0v) is 11.2. The first-order chi connectivity index (χ1) is 9.67. The fourth-order valence-corrected chi connectivity index (χ4v) is 1.67. The minimum Gasteiger partial charge on any atom is -0.497 e. The van der Waals surface area contributed by atoms with Crippen molar-refractivity contribution in [2.45, 2.75) is 0 Å². The van der Waals surface area contributed by atoms with Gasteiger partial charge in [0.25, 0.3) is 0 Å². The Balaban J connectivity index is 2.37. The molecule has 0 atom stereocenters. The van der Waals surface area contributed by atoms with Crippen LogP contribution in [0.25, 0.3) is 0 Å². The van der Waals surface area contributed by atoms with Gasteiger partial charge < -0.3 is 19.9 Å². The van der Waals surface area contributed by atoms with Crippen molar-refractivity contribution >= 4 is 5.69 Å². The molecule has 20 heavy (non-hydrogen) atoms. The van der Waals surface area contributed by atoms with Crippen LogP contribution in [0, 0.1) is 11.3 Å². The highest BCUT2D eigenvalue weighted by Gasteiger charge is 2.10. The molecule has 0 aromatic heterocycles. The largest absolute Gasteiger partial charge is 0.497 e. The standard InChI is InChI=1S/C15H14N2O3/c1-18-11-4-5-12(17)14(8-11)20-13-6-3-10(9-16)7-15(13)19-2/h3-8H,17H2,1-2H3. The maximum Gasteiger partial charge on any atom is 0.169 e. The van der Waals surface area contributed by atoms with Crippen molar-refractivity contribution in [3.8, 4) is 29.1 Å². The van der Waals surface area contributed by atoms with E-state index in [9.17, 15) is 0 Å². The summed E-state index contributed by atoms with van der Waals surface area (Å²) in [6.07, 6.45) is 0. The first-order valence-electron chi connectivity index (χ1n) is 5.87. The minimum atomic E-state index is 0.464. The van der Waals surface area contributed by atoms with Crippen LogP contribution in [-0.4, -0.2) is 14.2 Å². The van der Waals surface area contributed by atoms with Gasteiger partial charge in [0.1, 0.15) is 5.75 Å². The van der Waals surface area contributed by atoms with Crippen LogP contribution < -0.4 is 19.9 Å².